The zero-order chi connectivity index (χ0) is 17.6. The minimum atomic E-state index is 0. The van der Waals surface area contributed by atoms with Gasteiger partial charge in [-0.3, -0.25) is 4.99 Å². The third kappa shape index (κ3) is 10.5. The van der Waals surface area contributed by atoms with E-state index in [0.29, 0.717) is 12.5 Å². The normalized spacial score (nSPS) is 12.2. The largest absolute Gasteiger partial charge is 0.497 e. The van der Waals surface area contributed by atoms with E-state index in [1.54, 1.807) is 14.2 Å². The van der Waals surface area contributed by atoms with Gasteiger partial charge in [0.25, 0.3) is 0 Å². The maximum Gasteiger partial charge on any atom is 0.191 e. The van der Waals surface area contributed by atoms with Crippen LogP contribution in [0.1, 0.15) is 44.6 Å². The highest BCUT2D eigenvalue weighted by Gasteiger charge is 2.06. The van der Waals surface area contributed by atoms with Gasteiger partial charge in [0.15, 0.2) is 5.96 Å². The van der Waals surface area contributed by atoms with Crippen LogP contribution >= 0.6 is 24.0 Å². The summed E-state index contributed by atoms with van der Waals surface area (Å²) in [4.78, 5) is 4.24. The van der Waals surface area contributed by atoms with Crippen molar-refractivity contribution in [1.29, 1.82) is 0 Å². The van der Waals surface area contributed by atoms with Crippen molar-refractivity contribution in [3.05, 3.63) is 29.8 Å². The van der Waals surface area contributed by atoms with Crippen molar-refractivity contribution >= 4 is 29.9 Å². The van der Waals surface area contributed by atoms with E-state index in [2.05, 4.69) is 41.6 Å². The third-order valence-electron chi connectivity index (χ3n) is 3.96. The zero-order valence-corrected chi connectivity index (χ0v) is 18.3. The molecule has 25 heavy (non-hydrogen) atoms. The Morgan fingerprint density at radius 2 is 1.80 bits per heavy atom. The number of unbranched alkanes of at least 4 members (excludes halogenated alkanes) is 1. The van der Waals surface area contributed by atoms with E-state index in [9.17, 15) is 0 Å². The molecule has 0 aliphatic rings. The highest BCUT2D eigenvalue weighted by molar-refractivity contribution is 14.0. The standard InChI is InChI=1S/C19H33N3O2.HI/c1-5-6-14-24-15-13-22-19(20-3)21-12-11-16(2)17-7-9-18(23-4)10-8-17;/h7-10,16H,5-6,11-15H2,1-4H3,(H2,20,21,22);1H. The van der Waals surface area contributed by atoms with Crippen molar-refractivity contribution in [2.45, 2.75) is 39.0 Å². The second-order valence-electron chi connectivity index (χ2n) is 5.85. The summed E-state index contributed by atoms with van der Waals surface area (Å²) in [5.74, 6) is 2.21. The maximum absolute atomic E-state index is 5.53. The minimum absolute atomic E-state index is 0. The molecule has 0 heterocycles. The van der Waals surface area contributed by atoms with E-state index in [4.69, 9.17) is 9.47 Å². The van der Waals surface area contributed by atoms with E-state index in [1.165, 1.54) is 12.0 Å². The van der Waals surface area contributed by atoms with Gasteiger partial charge in [0, 0.05) is 26.7 Å². The predicted octanol–water partition coefficient (Wildman–Crippen LogP) is 3.79. The summed E-state index contributed by atoms with van der Waals surface area (Å²) in [6, 6.07) is 8.28. The molecule has 0 spiro atoms. The number of hydrogen-bond acceptors (Lipinski definition) is 3. The number of hydrogen-bond donors (Lipinski definition) is 2. The Bertz CT molecular complexity index is 466. The SMILES string of the molecule is CCCCOCCNC(=NC)NCCC(C)c1ccc(OC)cc1.I. The van der Waals surface area contributed by atoms with Crippen LogP contribution in [0.5, 0.6) is 5.75 Å². The summed E-state index contributed by atoms with van der Waals surface area (Å²) < 4.78 is 10.7. The van der Waals surface area contributed by atoms with Crippen molar-refractivity contribution in [3.8, 4) is 5.75 Å². The summed E-state index contributed by atoms with van der Waals surface area (Å²) >= 11 is 0. The van der Waals surface area contributed by atoms with Crippen LogP contribution < -0.4 is 15.4 Å². The molecule has 0 aliphatic carbocycles. The molecule has 1 rings (SSSR count). The Labute approximate surface area is 170 Å². The number of benzene rings is 1. The molecule has 0 bridgehead atoms. The molecule has 5 nitrogen and oxygen atoms in total. The highest BCUT2D eigenvalue weighted by atomic mass is 127. The first kappa shape index (κ1) is 24.0. The lowest BCUT2D eigenvalue weighted by molar-refractivity contribution is 0.136. The van der Waals surface area contributed by atoms with Crippen molar-refractivity contribution in [2.24, 2.45) is 4.99 Å². The van der Waals surface area contributed by atoms with Crippen LogP contribution in [0.15, 0.2) is 29.3 Å². The van der Waals surface area contributed by atoms with Gasteiger partial charge < -0.3 is 20.1 Å². The lowest BCUT2D eigenvalue weighted by Crippen LogP contribution is -2.39. The van der Waals surface area contributed by atoms with Gasteiger partial charge in [-0.2, -0.15) is 0 Å². The molecule has 1 unspecified atom stereocenters. The fraction of sp³-hybridized carbons (Fsp3) is 0.632. The monoisotopic (exact) mass is 463 g/mol. The molecular formula is C19H34IN3O2. The van der Waals surface area contributed by atoms with Gasteiger partial charge in [-0.25, -0.2) is 0 Å². The molecule has 0 amide bonds. The number of nitrogens with zero attached hydrogens (tertiary/aromatic N) is 1. The molecule has 1 atom stereocenters. The number of methoxy groups -OCH3 is 1. The Morgan fingerprint density at radius 3 is 2.40 bits per heavy atom. The molecule has 0 aliphatic heterocycles. The van der Waals surface area contributed by atoms with Crippen LogP contribution in [0, 0.1) is 0 Å². The van der Waals surface area contributed by atoms with Crippen LogP contribution in [0.2, 0.25) is 0 Å². The molecule has 0 saturated heterocycles. The smallest absolute Gasteiger partial charge is 0.191 e. The fourth-order valence-electron chi connectivity index (χ4n) is 2.32. The number of ether oxygens (including phenoxy) is 2. The Kier molecular flexibility index (Phi) is 14.6. The second-order valence-corrected chi connectivity index (χ2v) is 5.85. The Balaban J connectivity index is 0.00000576. The first-order valence-electron chi connectivity index (χ1n) is 8.87. The van der Waals surface area contributed by atoms with Gasteiger partial charge in [0.05, 0.1) is 13.7 Å². The van der Waals surface area contributed by atoms with Crippen LogP contribution in [-0.2, 0) is 4.74 Å². The van der Waals surface area contributed by atoms with E-state index in [1.807, 2.05) is 12.1 Å². The zero-order valence-electron chi connectivity index (χ0n) is 16.0. The molecule has 1 aromatic carbocycles. The average molecular weight is 463 g/mol. The molecule has 1 aromatic rings. The maximum atomic E-state index is 5.53. The van der Waals surface area contributed by atoms with E-state index in [0.717, 1.165) is 44.2 Å². The summed E-state index contributed by atoms with van der Waals surface area (Å²) in [5.41, 5.74) is 1.32. The van der Waals surface area contributed by atoms with Gasteiger partial charge >= 0.3 is 0 Å². The van der Waals surface area contributed by atoms with Gasteiger partial charge in [-0.1, -0.05) is 32.4 Å². The molecular weight excluding hydrogens is 429 g/mol. The number of halogens is 1. The molecule has 0 saturated carbocycles. The summed E-state index contributed by atoms with van der Waals surface area (Å²) in [5, 5.41) is 6.63. The van der Waals surface area contributed by atoms with E-state index < -0.39 is 0 Å². The molecule has 0 fully saturated rings. The predicted molar refractivity (Wildman–Crippen MR) is 117 cm³/mol. The topological polar surface area (TPSA) is 54.9 Å². The van der Waals surface area contributed by atoms with Gasteiger partial charge in [-0.15, -0.1) is 24.0 Å². The van der Waals surface area contributed by atoms with Crippen LogP contribution in [0.4, 0.5) is 0 Å². The number of aliphatic imine (C=N–C) groups is 1. The van der Waals surface area contributed by atoms with E-state index in [-0.39, 0.29) is 24.0 Å². The van der Waals surface area contributed by atoms with Gasteiger partial charge in [0.1, 0.15) is 5.75 Å². The summed E-state index contributed by atoms with van der Waals surface area (Å²) in [6.07, 6.45) is 3.33. The van der Waals surface area contributed by atoms with Crippen molar-refractivity contribution < 1.29 is 9.47 Å². The van der Waals surface area contributed by atoms with Crippen molar-refractivity contribution in [2.75, 3.05) is 40.5 Å². The molecule has 6 heteroatoms. The molecule has 0 aromatic heterocycles. The van der Waals surface area contributed by atoms with Gasteiger partial charge in [0.2, 0.25) is 0 Å². The van der Waals surface area contributed by atoms with Crippen molar-refractivity contribution in [3.63, 3.8) is 0 Å². The summed E-state index contributed by atoms with van der Waals surface area (Å²) in [7, 11) is 3.48. The average Bonchev–Trinajstić information content (AvgIpc) is 2.62. The highest BCUT2D eigenvalue weighted by Crippen LogP contribution is 2.21. The molecule has 2 N–H and O–H groups in total. The van der Waals surface area contributed by atoms with Gasteiger partial charge in [-0.05, 0) is 36.5 Å². The quantitative estimate of drug-likeness (QED) is 0.227. The second kappa shape index (κ2) is 15.3. The first-order valence-corrected chi connectivity index (χ1v) is 8.87. The molecule has 144 valence electrons. The first-order chi connectivity index (χ1) is 11.7. The Morgan fingerprint density at radius 1 is 1.12 bits per heavy atom. The van der Waals surface area contributed by atoms with Crippen molar-refractivity contribution in [1.82, 2.24) is 10.6 Å². The summed E-state index contributed by atoms with van der Waals surface area (Å²) in [6.45, 7) is 7.61. The minimum Gasteiger partial charge on any atom is -0.497 e. The van der Waals surface area contributed by atoms with Crippen LogP contribution in [0.3, 0.4) is 0 Å². The fourth-order valence-corrected chi connectivity index (χ4v) is 2.32. The number of rotatable bonds is 11. The lowest BCUT2D eigenvalue weighted by atomic mass is 9.98. The Hall–Kier alpha value is -1.02. The third-order valence-corrected chi connectivity index (χ3v) is 3.96. The number of nitrogens with one attached hydrogen (secondary N) is 2. The molecule has 0 radical (unpaired) electrons. The number of guanidine groups is 1. The van der Waals surface area contributed by atoms with E-state index >= 15 is 0 Å². The van der Waals surface area contributed by atoms with Crippen LogP contribution in [0.25, 0.3) is 0 Å². The van der Waals surface area contributed by atoms with Crippen LogP contribution in [-0.4, -0.2) is 46.4 Å². The lowest BCUT2D eigenvalue weighted by Gasteiger charge is -2.15.